The molecule has 0 N–H and O–H groups in total. The molecule has 0 aliphatic heterocycles. The van der Waals surface area contributed by atoms with Gasteiger partial charge in [0.15, 0.2) is 0 Å². The van der Waals surface area contributed by atoms with E-state index in [4.69, 9.17) is 0 Å². The van der Waals surface area contributed by atoms with Gasteiger partial charge >= 0.3 is 0 Å². The van der Waals surface area contributed by atoms with Gasteiger partial charge in [-0.25, -0.2) is 0 Å². The smallest absolute Gasteiger partial charge is 0.0352 e. The van der Waals surface area contributed by atoms with Crippen LogP contribution in [0, 0.1) is 0 Å². The summed E-state index contributed by atoms with van der Waals surface area (Å²) in [4.78, 5) is 0. The normalized spacial score (nSPS) is 8.33. The maximum Gasteiger partial charge on any atom is -0.0352 e. The molecule has 0 heteroatoms. The quantitative estimate of drug-likeness (QED) is 0.532. The molecular formula is C12H24. The van der Waals surface area contributed by atoms with Crippen molar-refractivity contribution in [2.24, 2.45) is 0 Å². The highest BCUT2D eigenvalue weighted by Crippen LogP contribution is 1.99. The summed E-state index contributed by atoms with van der Waals surface area (Å²) in [6, 6.07) is 0. The van der Waals surface area contributed by atoms with Crippen LogP contribution in [0.3, 0.4) is 0 Å². The first kappa shape index (κ1) is 14.0. The number of hydrogen-bond donors (Lipinski definition) is 0. The van der Waals surface area contributed by atoms with E-state index in [2.05, 4.69) is 40.9 Å². The second-order valence-corrected chi connectivity index (χ2v) is 2.91. The maximum absolute atomic E-state index is 3.79. The van der Waals surface area contributed by atoms with Crippen LogP contribution in [0.5, 0.6) is 0 Å². The molecule has 0 bridgehead atoms. The zero-order chi connectivity index (χ0) is 9.98. The summed E-state index contributed by atoms with van der Waals surface area (Å²) >= 11 is 0. The highest BCUT2D eigenvalue weighted by atomic mass is 13.8. The fourth-order valence-corrected chi connectivity index (χ4v) is 0.500. The van der Waals surface area contributed by atoms with E-state index >= 15 is 0 Å². The number of hydrogen-bond acceptors (Lipinski definition) is 0. The topological polar surface area (TPSA) is 0 Å². The van der Waals surface area contributed by atoms with E-state index in [1.54, 1.807) is 0 Å². The molecule has 12 heavy (non-hydrogen) atoms. The van der Waals surface area contributed by atoms with Crippen molar-refractivity contribution in [2.45, 2.75) is 53.4 Å². The van der Waals surface area contributed by atoms with Gasteiger partial charge in [-0.3, -0.25) is 0 Å². The Morgan fingerprint density at radius 3 is 0.833 bits per heavy atom. The third-order valence-corrected chi connectivity index (χ3v) is 2.00. The molecule has 72 valence electrons. The summed E-state index contributed by atoms with van der Waals surface area (Å²) in [7, 11) is 0. The fraction of sp³-hybridized carbons (Fsp3) is 0.667. The summed E-state index contributed by atoms with van der Waals surface area (Å²) < 4.78 is 0. The van der Waals surface area contributed by atoms with Crippen molar-refractivity contribution >= 4 is 0 Å². The molecule has 0 spiro atoms. The van der Waals surface area contributed by atoms with Gasteiger partial charge in [0.25, 0.3) is 0 Å². The largest absolute Gasteiger partial charge is 0.0999 e. The number of rotatable bonds is 4. The summed E-state index contributed by atoms with van der Waals surface area (Å²) in [6.07, 6.45) is 4.54. The van der Waals surface area contributed by atoms with E-state index in [-0.39, 0.29) is 0 Å². The summed E-state index contributed by atoms with van der Waals surface area (Å²) in [5.74, 6) is 0. The Balaban J connectivity index is 0. The lowest BCUT2D eigenvalue weighted by atomic mass is 10.2. The lowest BCUT2D eigenvalue weighted by molar-refractivity contribution is 0.986. The van der Waals surface area contributed by atoms with Crippen molar-refractivity contribution in [3.8, 4) is 0 Å². The van der Waals surface area contributed by atoms with Crippen molar-refractivity contribution in [3.63, 3.8) is 0 Å². The molecule has 0 amide bonds. The molecule has 0 aliphatic rings. The van der Waals surface area contributed by atoms with Crippen LogP contribution in [-0.2, 0) is 0 Å². The second-order valence-electron chi connectivity index (χ2n) is 2.91. The molecule has 0 rings (SSSR count). The fourth-order valence-electron chi connectivity index (χ4n) is 0.500. The van der Waals surface area contributed by atoms with Crippen LogP contribution in [0.2, 0.25) is 0 Å². The van der Waals surface area contributed by atoms with Gasteiger partial charge in [0, 0.05) is 0 Å². The van der Waals surface area contributed by atoms with Crippen molar-refractivity contribution in [3.05, 3.63) is 24.3 Å². The second kappa shape index (κ2) is 10.5. The molecule has 0 fully saturated rings. The van der Waals surface area contributed by atoms with Crippen LogP contribution in [-0.4, -0.2) is 0 Å². The van der Waals surface area contributed by atoms with Crippen LogP contribution >= 0.6 is 0 Å². The highest BCUT2D eigenvalue weighted by molar-refractivity contribution is 4.90. The van der Waals surface area contributed by atoms with Crippen LogP contribution in [0.1, 0.15) is 53.4 Å². The average molecular weight is 168 g/mol. The third-order valence-electron chi connectivity index (χ3n) is 2.00. The summed E-state index contributed by atoms with van der Waals surface area (Å²) in [5, 5.41) is 0. The molecule has 0 saturated carbocycles. The van der Waals surface area contributed by atoms with Crippen molar-refractivity contribution < 1.29 is 0 Å². The Bertz CT molecular complexity index is 92.0. The Morgan fingerprint density at radius 2 is 0.833 bits per heavy atom. The highest BCUT2D eigenvalue weighted by Gasteiger charge is 1.78. The molecule has 0 aromatic carbocycles. The third kappa shape index (κ3) is 12.2. The van der Waals surface area contributed by atoms with E-state index in [0.717, 1.165) is 25.7 Å². The van der Waals surface area contributed by atoms with Crippen LogP contribution in [0.4, 0.5) is 0 Å². The van der Waals surface area contributed by atoms with Gasteiger partial charge in [0.05, 0.1) is 0 Å². The first-order chi connectivity index (χ1) is 5.62. The van der Waals surface area contributed by atoms with E-state index in [0.29, 0.717) is 0 Å². The van der Waals surface area contributed by atoms with Crippen molar-refractivity contribution in [1.82, 2.24) is 0 Å². The van der Waals surface area contributed by atoms with Gasteiger partial charge < -0.3 is 0 Å². The van der Waals surface area contributed by atoms with Crippen molar-refractivity contribution in [1.29, 1.82) is 0 Å². The molecule has 0 nitrogen and oxygen atoms in total. The van der Waals surface area contributed by atoms with E-state index < -0.39 is 0 Å². The predicted molar refractivity (Wildman–Crippen MR) is 59.4 cm³/mol. The number of allylic oxidation sites excluding steroid dienone is 2. The zero-order valence-electron chi connectivity index (χ0n) is 9.24. The Morgan fingerprint density at radius 1 is 0.667 bits per heavy atom. The molecule has 0 radical (unpaired) electrons. The lowest BCUT2D eigenvalue weighted by Crippen LogP contribution is -1.68. The van der Waals surface area contributed by atoms with Gasteiger partial charge in [0.1, 0.15) is 0 Å². The minimum absolute atomic E-state index is 1.14. The Labute approximate surface area is 78.4 Å². The lowest BCUT2D eigenvalue weighted by Gasteiger charge is -1.89. The van der Waals surface area contributed by atoms with Crippen LogP contribution in [0.15, 0.2) is 24.3 Å². The Kier molecular flexibility index (Phi) is 12.3. The predicted octanol–water partition coefficient (Wildman–Crippen LogP) is 4.73. The standard InChI is InChI=1S/2C6H12/c2*1-4-6(3)5-2/h2*3-5H2,1-2H3. The SMILES string of the molecule is C=C(CC)CC.C=C(CC)CC. The zero-order valence-corrected chi connectivity index (χ0v) is 9.24. The maximum atomic E-state index is 3.79. The van der Waals surface area contributed by atoms with Crippen LogP contribution < -0.4 is 0 Å². The van der Waals surface area contributed by atoms with Gasteiger partial charge in [-0.1, -0.05) is 52.0 Å². The Hall–Kier alpha value is -0.520. The monoisotopic (exact) mass is 168 g/mol. The minimum Gasteiger partial charge on any atom is -0.0999 e. The minimum atomic E-state index is 1.14. The molecule has 0 aromatic rings. The van der Waals surface area contributed by atoms with Gasteiger partial charge in [-0.05, 0) is 25.7 Å². The van der Waals surface area contributed by atoms with E-state index in [1.807, 2.05) is 0 Å². The van der Waals surface area contributed by atoms with E-state index in [1.165, 1.54) is 11.1 Å². The first-order valence-electron chi connectivity index (χ1n) is 4.95. The molecule has 0 saturated heterocycles. The molecule has 0 aliphatic carbocycles. The van der Waals surface area contributed by atoms with Crippen molar-refractivity contribution in [2.75, 3.05) is 0 Å². The van der Waals surface area contributed by atoms with Gasteiger partial charge in [0.2, 0.25) is 0 Å². The summed E-state index contributed by atoms with van der Waals surface area (Å²) in [6.45, 7) is 16.1. The van der Waals surface area contributed by atoms with Gasteiger partial charge in [-0.2, -0.15) is 0 Å². The molecule has 0 atom stereocenters. The first-order valence-corrected chi connectivity index (χ1v) is 4.95. The van der Waals surface area contributed by atoms with E-state index in [9.17, 15) is 0 Å². The molecule has 0 unspecified atom stereocenters. The molecular weight excluding hydrogens is 144 g/mol. The molecule has 0 heterocycles. The molecule has 0 aromatic heterocycles. The summed E-state index contributed by atoms with van der Waals surface area (Å²) in [5.41, 5.74) is 2.69. The van der Waals surface area contributed by atoms with Gasteiger partial charge in [-0.15, -0.1) is 0 Å². The van der Waals surface area contributed by atoms with Crippen LogP contribution in [0.25, 0.3) is 0 Å². The average Bonchev–Trinajstić information content (AvgIpc) is 2.16.